The molecule has 0 saturated heterocycles. The van der Waals surface area contributed by atoms with E-state index in [2.05, 4.69) is 20.3 Å². The quantitative estimate of drug-likeness (QED) is 0.779. The molecule has 1 N–H and O–H groups in total. The number of anilines is 2. The molecule has 0 unspecified atom stereocenters. The molecule has 1 rings (SSSR count). The summed E-state index contributed by atoms with van der Waals surface area (Å²) in [4.78, 5) is 14.7. The van der Waals surface area contributed by atoms with Crippen LogP contribution < -0.4 is 15.0 Å². The number of ether oxygens (including phenoxy) is 1. The Morgan fingerprint density at radius 3 is 2.53 bits per heavy atom. The van der Waals surface area contributed by atoms with Gasteiger partial charge in [0.2, 0.25) is 11.9 Å². The van der Waals surface area contributed by atoms with E-state index in [0.29, 0.717) is 24.5 Å². The lowest BCUT2D eigenvalue weighted by Gasteiger charge is -2.15. The molecule has 17 heavy (non-hydrogen) atoms. The molecule has 0 aromatic carbocycles. The van der Waals surface area contributed by atoms with Crippen molar-refractivity contribution >= 4 is 11.9 Å². The summed E-state index contributed by atoms with van der Waals surface area (Å²) in [7, 11) is 1.94. The Bertz CT molecular complexity index is 345. The van der Waals surface area contributed by atoms with E-state index in [-0.39, 0.29) is 0 Å². The zero-order valence-corrected chi connectivity index (χ0v) is 11.0. The zero-order chi connectivity index (χ0) is 12.7. The highest BCUT2D eigenvalue weighted by molar-refractivity contribution is 5.37. The Morgan fingerprint density at radius 1 is 1.18 bits per heavy atom. The molecule has 0 aliphatic carbocycles. The largest absolute Gasteiger partial charge is 0.463 e. The topological polar surface area (TPSA) is 63.2 Å². The maximum absolute atomic E-state index is 5.45. The van der Waals surface area contributed by atoms with Crippen LogP contribution in [0.25, 0.3) is 0 Å². The minimum atomic E-state index is 0.383. The van der Waals surface area contributed by atoms with Crippen molar-refractivity contribution in [3.05, 3.63) is 0 Å². The van der Waals surface area contributed by atoms with Crippen LogP contribution in [-0.2, 0) is 0 Å². The summed E-state index contributed by atoms with van der Waals surface area (Å²) >= 11 is 0. The molecule has 0 amide bonds. The van der Waals surface area contributed by atoms with Crippen LogP contribution in [0.1, 0.15) is 27.2 Å². The summed E-state index contributed by atoms with van der Waals surface area (Å²) in [5, 5.41) is 3.07. The summed E-state index contributed by atoms with van der Waals surface area (Å²) < 4.78 is 5.45. The number of hydrogen-bond acceptors (Lipinski definition) is 6. The van der Waals surface area contributed by atoms with Gasteiger partial charge in [0.1, 0.15) is 0 Å². The molecular formula is C11H21N5O. The molecule has 0 saturated carbocycles. The van der Waals surface area contributed by atoms with Gasteiger partial charge in [0, 0.05) is 20.1 Å². The van der Waals surface area contributed by atoms with Crippen LogP contribution >= 0.6 is 0 Å². The van der Waals surface area contributed by atoms with Crippen LogP contribution in [0.5, 0.6) is 6.01 Å². The van der Waals surface area contributed by atoms with Gasteiger partial charge < -0.3 is 15.0 Å². The molecule has 96 valence electrons. The lowest BCUT2D eigenvalue weighted by atomic mass is 10.5. The van der Waals surface area contributed by atoms with Gasteiger partial charge in [-0.2, -0.15) is 15.0 Å². The molecule has 0 atom stereocenters. The van der Waals surface area contributed by atoms with Gasteiger partial charge in [-0.05, 0) is 20.3 Å². The zero-order valence-electron chi connectivity index (χ0n) is 11.0. The second-order valence-electron chi connectivity index (χ2n) is 3.63. The highest BCUT2D eigenvalue weighted by atomic mass is 16.5. The standard InChI is InChI=1S/C11H21N5O/c1-5-8-17-11-14-9(12-6-2)13-10(15-11)16(4)7-3/h5-8H2,1-4H3,(H,12,13,14,15). The first-order valence-electron chi connectivity index (χ1n) is 6.05. The molecule has 0 bridgehead atoms. The normalized spacial score (nSPS) is 10.1. The second-order valence-corrected chi connectivity index (χ2v) is 3.63. The third kappa shape index (κ3) is 4.05. The molecular weight excluding hydrogens is 218 g/mol. The average Bonchev–Trinajstić information content (AvgIpc) is 2.35. The number of hydrogen-bond donors (Lipinski definition) is 1. The highest BCUT2D eigenvalue weighted by Gasteiger charge is 2.09. The fraction of sp³-hybridized carbons (Fsp3) is 0.727. The van der Waals surface area contributed by atoms with E-state index in [1.165, 1.54) is 0 Å². The van der Waals surface area contributed by atoms with Gasteiger partial charge in [0.15, 0.2) is 0 Å². The van der Waals surface area contributed by atoms with Crippen molar-refractivity contribution in [2.24, 2.45) is 0 Å². The summed E-state index contributed by atoms with van der Waals surface area (Å²) in [6.45, 7) is 8.31. The summed E-state index contributed by atoms with van der Waals surface area (Å²) in [6, 6.07) is 0.383. The molecule has 0 spiro atoms. The predicted molar refractivity (Wildman–Crippen MR) is 68.7 cm³/mol. The fourth-order valence-corrected chi connectivity index (χ4v) is 1.15. The van der Waals surface area contributed by atoms with Crippen LogP contribution in [0.3, 0.4) is 0 Å². The Labute approximate surface area is 102 Å². The number of nitrogens with one attached hydrogen (secondary N) is 1. The second kappa shape index (κ2) is 6.88. The molecule has 0 aliphatic heterocycles. The van der Waals surface area contributed by atoms with E-state index in [1.54, 1.807) is 0 Å². The van der Waals surface area contributed by atoms with Crippen LogP contribution in [0.2, 0.25) is 0 Å². The van der Waals surface area contributed by atoms with Crippen molar-refractivity contribution < 1.29 is 4.74 Å². The maximum Gasteiger partial charge on any atom is 0.323 e. The number of nitrogens with zero attached hydrogens (tertiary/aromatic N) is 4. The van der Waals surface area contributed by atoms with Crippen LogP contribution in [0, 0.1) is 0 Å². The molecule has 0 fully saturated rings. The van der Waals surface area contributed by atoms with Gasteiger partial charge in [0.05, 0.1) is 6.61 Å². The summed E-state index contributed by atoms with van der Waals surface area (Å²) in [6.07, 6.45) is 0.932. The van der Waals surface area contributed by atoms with Gasteiger partial charge in [-0.3, -0.25) is 0 Å². The molecule has 0 radical (unpaired) electrons. The lowest BCUT2D eigenvalue weighted by molar-refractivity contribution is 0.292. The third-order valence-corrected chi connectivity index (χ3v) is 2.19. The summed E-state index contributed by atoms with van der Waals surface area (Å²) in [5.74, 6) is 1.19. The minimum absolute atomic E-state index is 0.383. The molecule has 1 aromatic rings. The van der Waals surface area contributed by atoms with Gasteiger partial charge in [-0.1, -0.05) is 6.92 Å². The van der Waals surface area contributed by atoms with Crippen LogP contribution in [0.15, 0.2) is 0 Å². The third-order valence-electron chi connectivity index (χ3n) is 2.19. The predicted octanol–water partition coefficient (Wildman–Crippen LogP) is 1.55. The van der Waals surface area contributed by atoms with Gasteiger partial charge >= 0.3 is 6.01 Å². The smallest absolute Gasteiger partial charge is 0.323 e. The van der Waals surface area contributed by atoms with E-state index in [1.807, 2.05) is 32.7 Å². The Kier molecular flexibility index (Phi) is 5.45. The van der Waals surface area contributed by atoms with E-state index in [4.69, 9.17) is 4.74 Å². The number of rotatable bonds is 7. The Hall–Kier alpha value is -1.59. The monoisotopic (exact) mass is 239 g/mol. The Morgan fingerprint density at radius 2 is 1.94 bits per heavy atom. The molecule has 1 aromatic heterocycles. The first-order chi connectivity index (χ1) is 8.21. The van der Waals surface area contributed by atoms with Gasteiger partial charge in [-0.25, -0.2) is 0 Å². The SMILES string of the molecule is CCCOc1nc(NCC)nc(N(C)CC)n1. The highest BCUT2D eigenvalue weighted by Crippen LogP contribution is 2.13. The van der Waals surface area contributed by atoms with Gasteiger partial charge in [-0.15, -0.1) is 0 Å². The van der Waals surface area contributed by atoms with Gasteiger partial charge in [0.25, 0.3) is 0 Å². The summed E-state index contributed by atoms with van der Waals surface area (Å²) in [5.41, 5.74) is 0. The van der Waals surface area contributed by atoms with E-state index < -0.39 is 0 Å². The van der Waals surface area contributed by atoms with E-state index >= 15 is 0 Å². The molecule has 6 heteroatoms. The molecule has 1 heterocycles. The maximum atomic E-state index is 5.45. The van der Waals surface area contributed by atoms with Crippen molar-refractivity contribution in [3.8, 4) is 6.01 Å². The van der Waals surface area contributed by atoms with E-state index in [9.17, 15) is 0 Å². The molecule has 0 aliphatic rings. The fourth-order valence-electron chi connectivity index (χ4n) is 1.15. The molecule has 6 nitrogen and oxygen atoms in total. The first-order valence-corrected chi connectivity index (χ1v) is 6.05. The van der Waals surface area contributed by atoms with Crippen LogP contribution in [0.4, 0.5) is 11.9 Å². The van der Waals surface area contributed by atoms with Crippen molar-refractivity contribution in [1.29, 1.82) is 0 Å². The first kappa shape index (κ1) is 13.5. The lowest BCUT2D eigenvalue weighted by Crippen LogP contribution is -2.20. The Balaban J connectivity index is 2.91. The van der Waals surface area contributed by atoms with Crippen molar-refractivity contribution in [1.82, 2.24) is 15.0 Å². The van der Waals surface area contributed by atoms with Crippen molar-refractivity contribution in [3.63, 3.8) is 0 Å². The average molecular weight is 239 g/mol. The minimum Gasteiger partial charge on any atom is -0.463 e. The van der Waals surface area contributed by atoms with Crippen LogP contribution in [-0.4, -0.2) is 41.7 Å². The van der Waals surface area contributed by atoms with Crippen molar-refractivity contribution in [2.75, 3.05) is 37.0 Å². The van der Waals surface area contributed by atoms with E-state index in [0.717, 1.165) is 19.5 Å². The van der Waals surface area contributed by atoms with Crippen molar-refractivity contribution in [2.45, 2.75) is 27.2 Å². The number of aromatic nitrogens is 3.